The number of nitrogens with one attached hydrogen (secondary N) is 1. The van der Waals surface area contributed by atoms with E-state index >= 15 is 0 Å². The van der Waals surface area contributed by atoms with Crippen LogP contribution in [0.1, 0.15) is 31.3 Å². The first kappa shape index (κ1) is 13.0. The van der Waals surface area contributed by atoms with Crippen LogP contribution in [-0.2, 0) is 0 Å². The van der Waals surface area contributed by atoms with E-state index in [-0.39, 0.29) is 6.04 Å². The predicted molar refractivity (Wildman–Crippen MR) is 74.9 cm³/mol. The highest BCUT2D eigenvalue weighted by Crippen LogP contribution is 2.33. The Morgan fingerprint density at radius 3 is 2.82 bits per heavy atom. The summed E-state index contributed by atoms with van der Waals surface area (Å²) in [6, 6.07) is 4.14. The zero-order valence-corrected chi connectivity index (χ0v) is 12.1. The van der Waals surface area contributed by atoms with Crippen molar-refractivity contribution in [3.8, 4) is 9.88 Å². The highest BCUT2D eigenvalue weighted by atomic mass is 35.5. The summed E-state index contributed by atoms with van der Waals surface area (Å²) < 4.78 is 0.786. The second-order valence-electron chi connectivity index (χ2n) is 3.73. The first-order valence-corrected chi connectivity index (χ1v) is 7.54. The summed E-state index contributed by atoms with van der Waals surface area (Å²) in [5.74, 6) is 0. The normalized spacial score (nSPS) is 12.9. The molecule has 0 saturated carbocycles. The van der Waals surface area contributed by atoms with Gasteiger partial charge < -0.3 is 5.32 Å². The Labute approximate surface area is 114 Å². The number of rotatable bonds is 5. The van der Waals surface area contributed by atoms with Gasteiger partial charge in [-0.1, -0.05) is 29.9 Å². The van der Waals surface area contributed by atoms with Crippen LogP contribution in [0.15, 0.2) is 12.1 Å². The molecular weight excluding hydrogens is 274 g/mol. The van der Waals surface area contributed by atoms with Crippen LogP contribution in [0.4, 0.5) is 0 Å². The first-order chi connectivity index (χ1) is 8.20. The molecule has 0 bridgehead atoms. The van der Waals surface area contributed by atoms with Gasteiger partial charge in [0.25, 0.3) is 0 Å². The zero-order valence-electron chi connectivity index (χ0n) is 9.74. The van der Waals surface area contributed by atoms with E-state index in [9.17, 15) is 0 Å². The lowest BCUT2D eigenvalue weighted by molar-refractivity contribution is 0.564. The molecule has 0 aromatic carbocycles. The van der Waals surface area contributed by atoms with E-state index < -0.39 is 0 Å². The van der Waals surface area contributed by atoms with Gasteiger partial charge in [-0.15, -0.1) is 21.5 Å². The standard InChI is InChI=1S/C11H14ClN3S2/c1-3-6-13-7(2)10-14-15-11(17-10)8-4-5-9(12)16-8/h4-5,7,13H,3,6H2,1-2H3. The third-order valence-corrected chi connectivity index (χ3v) is 4.80. The van der Waals surface area contributed by atoms with Crippen molar-refractivity contribution in [1.82, 2.24) is 15.5 Å². The first-order valence-electron chi connectivity index (χ1n) is 5.53. The molecule has 0 aliphatic rings. The molecule has 0 aliphatic heterocycles. The van der Waals surface area contributed by atoms with Crippen molar-refractivity contribution in [2.45, 2.75) is 26.3 Å². The second kappa shape index (κ2) is 5.91. The van der Waals surface area contributed by atoms with Gasteiger partial charge in [-0.3, -0.25) is 0 Å². The molecule has 2 heterocycles. The molecule has 0 spiro atoms. The number of halogens is 1. The molecule has 17 heavy (non-hydrogen) atoms. The van der Waals surface area contributed by atoms with Crippen molar-refractivity contribution in [3.05, 3.63) is 21.5 Å². The molecule has 2 rings (SSSR count). The lowest BCUT2D eigenvalue weighted by Gasteiger charge is -2.08. The summed E-state index contributed by atoms with van der Waals surface area (Å²) in [6.45, 7) is 5.27. The SMILES string of the molecule is CCCNC(C)c1nnc(-c2ccc(Cl)s2)s1. The van der Waals surface area contributed by atoms with Gasteiger partial charge in [0.05, 0.1) is 15.3 Å². The Morgan fingerprint density at radius 1 is 1.35 bits per heavy atom. The molecule has 0 amide bonds. The van der Waals surface area contributed by atoms with Gasteiger partial charge in [-0.2, -0.15) is 0 Å². The van der Waals surface area contributed by atoms with Crippen LogP contribution >= 0.6 is 34.3 Å². The molecule has 1 unspecified atom stereocenters. The molecular formula is C11H14ClN3S2. The predicted octanol–water partition coefficient (Wildman–Crippen LogP) is 3.98. The Balaban J connectivity index is 2.10. The topological polar surface area (TPSA) is 37.8 Å². The average molecular weight is 288 g/mol. The average Bonchev–Trinajstić information content (AvgIpc) is 2.93. The Hall–Kier alpha value is -0.490. The van der Waals surface area contributed by atoms with Crippen molar-refractivity contribution in [2.24, 2.45) is 0 Å². The van der Waals surface area contributed by atoms with Crippen LogP contribution in [0.25, 0.3) is 9.88 Å². The number of aromatic nitrogens is 2. The zero-order chi connectivity index (χ0) is 12.3. The van der Waals surface area contributed by atoms with E-state index in [2.05, 4.69) is 29.4 Å². The van der Waals surface area contributed by atoms with Gasteiger partial charge in [-0.25, -0.2) is 0 Å². The van der Waals surface area contributed by atoms with E-state index in [0.29, 0.717) is 0 Å². The van der Waals surface area contributed by atoms with E-state index in [0.717, 1.165) is 32.2 Å². The third-order valence-electron chi connectivity index (χ3n) is 2.30. The molecule has 0 saturated heterocycles. The molecule has 1 atom stereocenters. The maximum atomic E-state index is 5.91. The van der Waals surface area contributed by atoms with Gasteiger partial charge in [0, 0.05) is 0 Å². The lowest BCUT2D eigenvalue weighted by Crippen LogP contribution is -2.18. The van der Waals surface area contributed by atoms with Gasteiger partial charge in [0.15, 0.2) is 5.01 Å². The van der Waals surface area contributed by atoms with E-state index in [4.69, 9.17) is 11.6 Å². The molecule has 0 fully saturated rings. The van der Waals surface area contributed by atoms with Crippen LogP contribution in [0.2, 0.25) is 4.34 Å². The Morgan fingerprint density at radius 2 is 2.18 bits per heavy atom. The summed E-state index contributed by atoms with van der Waals surface area (Å²) in [5, 5.41) is 13.8. The molecule has 92 valence electrons. The van der Waals surface area contributed by atoms with Gasteiger partial charge >= 0.3 is 0 Å². The number of hydrogen-bond donors (Lipinski definition) is 1. The molecule has 6 heteroatoms. The summed E-state index contributed by atoms with van der Waals surface area (Å²) in [4.78, 5) is 1.08. The summed E-state index contributed by atoms with van der Waals surface area (Å²) >= 11 is 9.07. The van der Waals surface area contributed by atoms with Crippen LogP contribution in [0.3, 0.4) is 0 Å². The summed E-state index contributed by atoms with van der Waals surface area (Å²) in [7, 11) is 0. The van der Waals surface area contributed by atoms with Crippen LogP contribution in [-0.4, -0.2) is 16.7 Å². The van der Waals surface area contributed by atoms with E-state index in [1.165, 1.54) is 11.3 Å². The molecule has 1 N–H and O–H groups in total. The van der Waals surface area contributed by atoms with Crippen molar-refractivity contribution in [2.75, 3.05) is 6.54 Å². The highest BCUT2D eigenvalue weighted by molar-refractivity contribution is 7.23. The van der Waals surface area contributed by atoms with Crippen molar-refractivity contribution in [3.63, 3.8) is 0 Å². The number of thiophene rings is 1. The maximum absolute atomic E-state index is 5.91. The summed E-state index contributed by atoms with van der Waals surface area (Å²) in [6.07, 6.45) is 1.12. The highest BCUT2D eigenvalue weighted by Gasteiger charge is 2.13. The quantitative estimate of drug-likeness (QED) is 0.904. The van der Waals surface area contributed by atoms with Crippen LogP contribution in [0.5, 0.6) is 0 Å². The van der Waals surface area contributed by atoms with E-state index in [1.807, 2.05) is 12.1 Å². The van der Waals surface area contributed by atoms with Crippen molar-refractivity contribution < 1.29 is 0 Å². The fraction of sp³-hybridized carbons (Fsp3) is 0.455. The number of hydrogen-bond acceptors (Lipinski definition) is 5. The Kier molecular flexibility index (Phi) is 4.50. The molecule has 3 nitrogen and oxygen atoms in total. The van der Waals surface area contributed by atoms with Crippen LogP contribution < -0.4 is 5.32 Å². The lowest BCUT2D eigenvalue weighted by atomic mass is 10.3. The minimum atomic E-state index is 0.261. The molecule has 2 aromatic rings. The van der Waals surface area contributed by atoms with Gasteiger partial charge in [-0.05, 0) is 32.0 Å². The largest absolute Gasteiger partial charge is 0.308 e. The summed E-state index contributed by atoms with van der Waals surface area (Å²) in [5.41, 5.74) is 0. The number of nitrogens with zero attached hydrogens (tertiary/aromatic N) is 2. The second-order valence-corrected chi connectivity index (χ2v) is 6.45. The molecule has 2 aromatic heterocycles. The van der Waals surface area contributed by atoms with E-state index in [1.54, 1.807) is 11.3 Å². The third kappa shape index (κ3) is 3.25. The smallest absolute Gasteiger partial charge is 0.157 e. The molecule has 0 aliphatic carbocycles. The monoisotopic (exact) mass is 287 g/mol. The molecule has 0 radical (unpaired) electrons. The Bertz CT molecular complexity index is 481. The minimum Gasteiger partial charge on any atom is -0.308 e. The fourth-order valence-corrected chi connectivity index (χ4v) is 3.35. The van der Waals surface area contributed by atoms with Gasteiger partial charge in [0.2, 0.25) is 0 Å². The minimum absolute atomic E-state index is 0.261. The maximum Gasteiger partial charge on any atom is 0.157 e. The van der Waals surface area contributed by atoms with Crippen molar-refractivity contribution in [1.29, 1.82) is 0 Å². The van der Waals surface area contributed by atoms with Crippen LogP contribution in [0, 0.1) is 0 Å². The van der Waals surface area contributed by atoms with Gasteiger partial charge in [0.1, 0.15) is 5.01 Å². The fourth-order valence-electron chi connectivity index (χ4n) is 1.39. The van der Waals surface area contributed by atoms with Crippen molar-refractivity contribution >= 4 is 34.3 Å².